The molecule has 0 aromatic carbocycles. The number of aromatic nitrogens is 1. The predicted octanol–water partition coefficient (Wildman–Crippen LogP) is 3.97. The summed E-state index contributed by atoms with van der Waals surface area (Å²) < 4.78 is 3.00. The Morgan fingerprint density at radius 2 is 2.32 bits per heavy atom. The third-order valence-corrected chi connectivity index (χ3v) is 4.56. The van der Waals surface area contributed by atoms with Crippen LogP contribution in [0, 0.1) is 5.41 Å². The van der Waals surface area contributed by atoms with Gasteiger partial charge in [0.1, 0.15) is 5.69 Å². The van der Waals surface area contributed by atoms with Crippen LogP contribution >= 0.6 is 15.9 Å². The largest absolute Gasteiger partial charge is 0.347 e. The van der Waals surface area contributed by atoms with Crippen LogP contribution < -0.4 is 5.32 Å². The summed E-state index contributed by atoms with van der Waals surface area (Å²) in [4.78, 5) is 12.4. The molecule has 0 bridgehead atoms. The Bertz CT molecular complexity index is 465. The van der Waals surface area contributed by atoms with Crippen molar-refractivity contribution in [3.05, 3.63) is 22.4 Å². The normalized spacial score (nSPS) is 21.6. The minimum absolute atomic E-state index is 0.0547. The second-order valence-corrected chi connectivity index (χ2v) is 7.06. The van der Waals surface area contributed by atoms with Gasteiger partial charge in [-0.15, -0.1) is 0 Å². The molecule has 1 heterocycles. The highest BCUT2D eigenvalue weighted by Gasteiger charge is 2.35. The van der Waals surface area contributed by atoms with E-state index in [0.717, 1.165) is 29.6 Å². The average Bonchev–Trinajstić information content (AvgIpc) is 2.83. The third kappa shape index (κ3) is 3.22. The lowest BCUT2D eigenvalue weighted by Gasteiger charge is -2.27. The molecule has 1 fully saturated rings. The highest BCUT2D eigenvalue weighted by Crippen LogP contribution is 2.37. The van der Waals surface area contributed by atoms with Crippen molar-refractivity contribution in [2.45, 2.75) is 59.0 Å². The van der Waals surface area contributed by atoms with E-state index in [1.165, 1.54) is 12.8 Å². The van der Waals surface area contributed by atoms with E-state index in [0.29, 0.717) is 6.04 Å². The lowest BCUT2D eigenvalue weighted by molar-refractivity contribution is 0.0900. The number of carbonyl (C=O) groups excluding carboxylic acids is 1. The maximum absolute atomic E-state index is 12.4. The first-order valence-electron chi connectivity index (χ1n) is 7.10. The highest BCUT2D eigenvalue weighted by molar-refractivity contribution is 9.10. The maximum atomic E-state index is 12.4. The molecular weight excluding hydrogens is 304 g/mol. The predicted molar refractivity (Wildman–Crippen MR) is 81.3 cm³/mol. The summed E-state index contributed by atoms with van der Waals surface area (Å²) in [5, 5.41) is 3.22. The third-order valence-electron chi connectivity index (χ3n) is 4.12. The van der Waals surface area contributed by atoms with Crippen LogP contribution in [0.2, 0.25) is 0 Å². The number of aryl methyl sites for hydroxylation is 1. The molecule has 4 heteroatoms. The van der Waals surface area contributed by atoms with Crippen LogP contribution in [0.5, 0.6) is 0 Å². The lowest BCUT2D eigenvalue weighted by atomic mass is 9.87. The van der Waals surface area contributed by atoms with E-state index in [4.69, 9.17) is 0 Å². The molecule has 1 aromatic rings. The van der Waals surface area contributed by atoms with Gasteiger partial charge in [-0.25, -0.2) is 0 Å². The lowest BCUT2D eigenvalue weighted by Crippen LogP contribution is -2.42. The fourth-order valence-corrected chi connectivity index (χ4v) is 3.38. The van der Waals surface area contributed by atoms with Gasteiger partial charge in [-0.05, 0) is 46.7 Å². The fraction of sp³-hybridized carbons (Fsp3) is 0.667. The number of amides is 1. The van der Waals surface area contributed by atoms with Gasteiger partial charge in [0, 0.05) is 23.3 Å². The molecular formula is C15H23BrN2O. The van der Waals surface area contributed by atoms with Crippen LogP contribution in [0.25, 0.3) is 0 Å². The van der Waals surface area contributed by atoms with Crippen LogP contribution in [-0.4, -0.2) is 16.5 Å². The van der Waals surface area contributed by atoms with Gasteiger partial charge in [-0.3, -0.25) is 4.79 Å². The van der Waals surface area contributed by atoms with Crippen LogP contribution in [0.1, 0.15) is 56.9 Å². The summed E-state index contributed by atoms with van der Waals surface area (Å²) >= 11 is 3.46. The Morgan fingerprint density at radius 3 is 2.89 bits per heavy atom. The van der Waals surface area contributed by atoms with E-state index >= 15 is 0 Å². The van der Waals surface area contributed by atoms with E-state index in [-0.39, 0.29) is 11.3 Å². The molecule has 1 unspecified atom stereocenters. The van der Waals surface area contributed by atoms with Crippen molar-refractivity contribution in [3.8, 4) is 0 Å². The first kappa shape index (κ1) is 14.6. The number of hydrogen-bond donors (Lipinski definition) is 1. The number of halogens is 1. The molecule has 1 aliphatic carbocycles. The van der Waals surface area contributed by atoms with Gasteiger partial charge in [-0.1, -0.05) is 27.2 Å². The molecule has 3 nitrogen and oxygen atoms in total. The van der Waals surface area contributed by atoms with Gasteiger partial charge < -0.3 is 9.88 Å². The zero-order valence-corrected chi connectivity index (χ0v) is 13.6. The number of nitrogens with zero attached hydrogens (tertiary/aromatic N) is 1. The van der Waals surface area contributed by atoms with Crippen LogP contribution in [-0.2, 0) is 6.54 Å². The monoisotopic (exact) mass is 326 g/mol. The second-order valence-electron chi connectivity index (χ2n) is 6.14. The van der Waals surface area contributed by atoms with Crippen molar-refractivity contribution in [3.63, 3.8) is 0 Å². The van der Waals surface area contributed by atoms with Gasteiger partial charge in [0.05, 0.1) is 0 Å². The highest BCUT2D eigenvalue weighted by atomic mass is 79.9. The quantitative estimate of drug-likeness (QED) is 0.892. The smallest absolute Gasteiger partial charge is 0.268 e. The molecule has 1 N–H and O–H groups in total. The number of hydrogen-bond acceptors (Lipinski definition) is 1. The Morgan fingerprint density at radius 1 is 1.58 bits per heavy atom. The van der Waals surface area contributed by atoms with Crippen LogP contribution in [0.15, 0.2) is 16.7 Å². The van der Waals surface area contributed by atoms with Crippen molar-refractivity contribution in [2.24, 2.45) is 5.41 Å². The topological polar surface area (TPSA) is 34.0 Å². The van der Waals surface area contributed by atoms with Crippen molar-refractivity contribution in [2.75, 3.05) is 0 Å². The Labute approximate surface area is 123 Å². The summed E-state index contributed by atoms with van der Waals surface area (Å²) in [6.07, 6.45) is 6.50. The molecule has 0 radical (unpaired) electrons. The molecule has 1 amide bonds. The summed E-state index contributed by atoms with van der Waals surface area (Å²) in [6.45, 7) is 7.48. The molecule has 0 aliphatic heterocycles. The zero-order chi connectivity index (χ0) is 14.0. The molecule has 106 valence electrons. The molecule has 1 aromatic heterocycles. The first-order chi connectivity index (χ1) is 8.94. The Kier molecular flexibility index (Phi) is 4.39. The van der Waals surface area contributed by atoms with Crippen molar-refractivity contribution in [1.29, 1.82) is 0 Å². The van der Waals surface area contributed by atoms with E-state index in [2.05, 4.69) is 42.0 Å². The maximum Gasteiger partial charge on any atom is 0.268 e. The Balaban J connectivity index is 2.11. The second kappa shape index (κ2) is 5.70. The van der Waals surface area contributed by atoms with Gasteiger partial charge in [0.15, 0.2) is 0 Å². The van der Waals surface area contributed by atoms with Gasteiger partial charge in [-0.2, -0.15) is 0 Å². The minimum Gasteiger partial charge on any atom is -0.347 e. The fourth-order valence-electron chi connectivity index (χ4n) is 2.92. The summed E-state index contributed by atoms with van der Waals surface area (Å²) in [5.41, 5.74) is 0.978. The Hall–Kier alpha value is -0.770. The van der Waals surface area contributed by atoms with Crippen LogP contribution in [0.3, 0.4) is 0 Å². The van der Waals surface area contributed by atoms with Gasteiger partial charge in [0.25, 0.3) is 5.91 Å². The molecule has 2 rings (SSSR count). The molecule has 19 heavy (non-hydrogen) atoms. The first-order valence-corrected chi connectivity index (χ1v) is 7.90. The molecule has 1 atom stereocenters. The van der Waals surface area contributed by atoms with Crippen molar-refractivity contribution >= 4 is 21.8 Å². The zero-order valence-electron chi connectivity index (χ0n) is 12.0. The standard InChI is InChI=1S/C15H23BrN2O/c1-4-8-18-10-11(16)9-12(18)14(19)17-13-6-5-7-15(13,2)3/h9-10,13H,4-8H2,1-3H3,(H,17,19). The van der Waals surface area contributed by atoms with Crippen LogP contribution in [0.4, 0.5) is 0 Å². The van der Waals surface area contributed by atoms with Gasteiger partial charge >= 0.3 is 0 Å². The number of carbonyl (C=O) groups is 1. The SMILES string of the molecule is CCCn1cc(Br)cc1C(=O)NC1CCCC1(C)C. The molecule has 0 saturated heterocycles. The van der Waals surface area contributed by atoms with Crippen molar-refractivity contribution < 1.29 is 4.79 Å². The minimum atomic E-state index is 0.0547. The average molecular weight is 327 g/mol. The van der Waals surface area contributed by atoms with E-state index < -0.39 is 0 Å². The summed E-state index contributed by atoms with van der Waals surface area (Å²) in [6, 6.07) is 2.20. The summed E-state index contributed by atoms with van der Waals surface area (Å²) in [7, 11) is 0. The van der Waals surface area contributed by atoms with Gasteiger partial charge in [0.2, 0.25) is 0 Å². The summed E-state index contributed by atoms with van der Waals surface area (Å²) in [5.74, 6) is 0.0547. The molecule has 1 saturated carbocycles. The number of rotatable bonds is 4. The van der Waals surface area contributed by atoms with E-state index in [1.807, 2.05) is 16.8 Å². The molecule has 1 aliphatic rings. The van der Waals surface area contributed by atoms with E-state index in [9.17, 15) is 4.79 Å². The number of nitrogens with one attached hydrogen (secondary N) is 1. The molecule has 0 spiro atoms. The van der Waals surface area contributed by atoms with E-state index in [1.54, 1.807) is 0 Å². The van der Waals surface area contributed by atoms with Crippen molar-refractivity contribution in [1.82, 2.24) is 9.88 Å².